The Morgan fingerprint density at radius 2 is 2.07 bits per heavy atom. The number of fused-ring (bicyclic) bond motifs is 1. The van der Waals surface area contributed by atoms with E-state index in [1.165, 1.54) is 13.4 Å². The first kappa shape index (κ1) is 19.1. The van der Waals surface area contributed by atoms with Crippen LogP contribution in [-0.2, 0) is 4.79 Å². The van der Waals surface area contributed by atoms with Crippen LogP contribution in [0.25, 0.3) is 22.5 Å². The summed E-state index contributed by atoms with van der Waals surface area (Å²) in [5.74, 6) is -0.431. The number of rotatable bonds is 7. The normalized spacial score (nSPS) is 11.9. The van der Waals surface area contributed by atoms with Gasteiger partial charge in [-0.15, -0.1) is 10.2 Å². The Kier molecular flexibility index (Phi) is 5.08. The summed E-state index contributed by atoms with van der Waals surface area (Å²) >= 11 is 0. The second-order valence-electron chi connectivity index (χ2n) is 6.30. The number of para-hydroxylation sites is 1. The van der Waals surface area contributed by atoms with E-state index in [4.69, 9.17) is 14.9 Å². The minimum atomic E-state index is -0.935. The molecule has 0 bridgehead atoms. The van der Waals surface area contributed by atoms with E-state index in [0.717, 1.165) is 0 Å². The van der Waals surface area contributed by atoms with E-state index in [2.05, 4.69) is 30.5 Å². The Morgan fingerprint density at radius 1 is 1.23 bits per heavy atom. The predicted octanol–water partition coefficient (Wildman–Crippen LogP) is 1.36. The van der Waals surface area contributed by atoms with E-state index in [0.29, 0.717) is 22.3 Å². The van der Waals surface area contributed by atoms with Gasteiger partial charge in [0.25, 0.3) is 11.8 Å². The molecule has 0 radical (unpaired) electrons. The van der Waals surface area contributed by atoms with Gasteiger partial charge >= 0.3 is 0 Å². The van der Waals surface area contributed by atoms with Crippen molar-refractivity contribution in [2.45, 2.75) is 12.5 Å². The zero-order valence-electron chi connectivity index (χ0n) is 15.8. The number of primary amides is 1. The molecule has 30 heavy (non-hydrogen) atoms. The van der Waals surface area contributed by atoms with Gasteiger partial charge in [0.2, 0.25) is 11.8 Å². The Morgan fingerprint density at radius 3 is 2.87 bits per heavy atom. The SMILES string of the molecule is COc1ccccc1-c1nnc([C@H](CC(N)=O)NC(=O)c2ncnc3[nH]ccc23)o1. The van der Waals surface area contributed by atoms with Crippen LogP contribution in [0.2, 0.25) is 0 Å². The molecule has 4 N–H and O–H groups in total. The molecule has 3 aromatic heterocycles. The Bertz CT molecular complexity index is 1220. The number of nitrogens with one attached hydrogen (secondary N) is 2. The number of aromatic nitrogens is 5. The van der Waals surface area contributed by atoms with E-state index in [1.807, 2.05) is 0 Å². The molecular formula is C19H17N7O4. The summed E-state index contributed by atoms with van der Waals surface area (Å²) in [5, 5.41) is 11.2. The lowest BCUT2D eigenvalue weighted by molar-refractivity contribution is -0.118. The number of aromatic amines is 1. The van der Waals surface area contributed by atoms with Gasteiger partial charge in [0.05, 0.1) is 24.5 Å². The van der Waals surface area contributed by atoms with Gasteiger partial charge in [-0.05, 0) is 18.2 Å². The van der Waals surface area contributed by atoms with Crippen molar-refractivity contribution >= 4 is 22.8 Å². The molecule has 0 saturated carbocycles. The minimum Gasteiger partial charge on any atom is -0.496 e. The van der Waals surface area contributed by atoms with E-state index in [1.54, 1.807) is 36.5 Å². The number of hydrogen-bond acceptors (Lipinski definition) is 8. The van der Waals surface area contributed by atoms with Gasteiger partial charge in [-0.3, -0.25) is 9.59 Å². The molecule has 0 aliphatic rings. The number of carbonyl (C=O) groups excluding carboxylic acids is 2. The van der Waals surface area contributed by atoms with Crippen LogP contribution in [0.5, 0.6) is 5.75 Å². The molecule has 152 valence electrons. The van der Waals surface area contributed by atoms with Gasteiger partial charge < -0.3 is 25.2 Å². The highest BCUT2D eigenvalue weighted by Gasteiger charge is 2.26. The summed E-state index contributed by atoms with van der Waals surface area (Å²) in [6.07, 6.45) is 2.68. The summed E-state index contributed by atoms with van der Waals surface area (Å²) in [6.45, 7) is 0. The van der Waals surface area contributed by atoms with Crippen LogP contribution in [0.15, 0.2) is 47.3 Å². The van der Waals surface area contributed by atoms with Crippen molar-refractivity contribution in [3.63, 3.8) is 0 Å². The number of ether oxygens (including phenoxy) is 1. The summed E-state index contributed by atoms with van der Waals surface area (Å²) in [5.41, 5.74) is 6.58. The third kappa shape index (κ3) is 3.68. The predicted molar refractivity (Wildman–Crippen MR) is 104 cm³/mol. The zero-order chi connectivity index (χ0) is 21.1. The van der Waals surface area contributed by atoms with E-state index < -0.39 is 17.9 Å². The van der Waals surface area contributed by atoms with Gasteiger partial charge in [-0.2, -0.15) is 0 Å². The standard InChI is InChI=1S/C19H17N7O4/c1-29-13-5-3-2-4-10(13)18-25-26-19(30-18)12(8-14(20)27)24-17(28)15-11-6-7-21-16(11)23-9-22-15/h2-7,9,12H,8H2,1H3,(H2,20,27)(H,24,28)(H,21,22,23)/t12-/m0/s1. The van der Waals surface area contributed by atoms with Crippen LogP contribution in [0.3, 0.4) is 0 Å². The fourth-order valence-electron chi connectivity index (χ4n) is 2.99. The minimum absolute atomic E-state index is 0.0300. The lowest BCUT2D eigenvalue weighted by atomic mass is 10.1. The van der Waals surface area contributed by atoms with Crippen LogP contribution in [0.1, 0.15) is 28.8 Å². The van der Waals surface area contributed by atoms with Crippen molar-refractivity contribution in [3.8, 4) is 17.2 Å². The number of H-pyrrole nitrogens is 1. The molecule has 11 nitrogen and oxygen atoms in total. The summed E-state index contributed by atoms with van der Waals surface area (Å²) in [7, 11) is 1.52. The highest BCUT2D eigenvalue weighted by atomic mass is 16.5. The number of carbonyl (C=O) groups is 2. The van der Waals surface area contributed by atoms with Gasteiger partial charge in [0.15, 0.2) is 0 Å². The number of nitrogens with zero attached hydrogens (tertiary/aromatic N) is 4. The lowest BCUT2D eigenvalue weighted by Gasteiger charge is -2.13. The van der Waals surface area contributed by atoms with Crippen molar-refractivity contribution in [1.29, 1.82) is 0 Å². The van der Waals surface area contributed by atoms with Crippen LogP contribution in [-0.4, -0.2) is 44.1 Å². The second-order valence-corrected chi connectivity index (χ2v) is 6.30. The second kappa shape index (κ2) is 7.99. The fourth-order valence-corrected chi connectivity index (χ4v) is 2.99. The van der Waals surface area contributed by atoms with Crippen molar-refractivity contribution in [2.24, 2.45) is 5.73 Å². The van der Waals surface area contributed by atoms with E-state index in [-0.39, 0.29) is 23.9 Å². The maximum absolute atomic E-state index is 12.8. The Hall–Kier alpha value is -4.28. The first-order chi connectivity index (χ1) is 14.6. The van der Waals surface area contributed by atoms with Crippen molar-refractivity contribution in [1.82, 2.24) is 30.5 Å². The van der Waals surface area contributed by atoms with E-state index in [9.17, 15) is 9.59 Å². The highest BCUT2D eigenvalue weighted by molar-refractivity contribution is 6.03. The molecule has 4 aromatic rings. The van der Waals surface area contributed by atoms with Crippen molar-refractivity contribution < 1.29 is 18.7 Å². The van der Waals surface area contributed by atoms with Gasteiger partial charge in [0.1, 0.15) is 29.5 Å². The summed E-state index contributed by atoms with van der Waals surface area (Å²) in [4.78, 5) is 35.4. The van der Waals surface area contributed by atoms with Gasteiger partial charge in [0, 0.05) is 6.20 Å². The van der Waals surface area contributed by atoms with Crippen molar-refractivity contribution in [3.05, 3.63) is 54.4 Å². The summed E-state index contributed by atoms with van der Waals surface area (Å²) in [6, 6.07) is 7.84. The molecule has 0 aliphatic carbocycles. The first-order valence-electron chi connectivity index (χ1n) is 8.91. The monoisotopic (exact) mass is 407 g/mol. The van der Waals surface area contributed by atoms with Crippen LogP contribution >= 0.6 is 0 Å². The number of benzene rings is 1. The molecule has 1 atom stereocenters. The Labute approximate surface area is 169 Å². The molecule has 0 unspecified atom stereocenters. The average molecular weight is 407 g/mol. The third-order valence-electron chi connectivity index (χ3n) is 4.36. The van der Waals surface area contributed by atoms with Crippen molar-refractivity contribution in [2.75, 3.05) is 7.11 Å². The molecule has 0 fully saturated rings. The highest BCUT2D eigenvalue weighted by Crippen LogP contribution is 2.30. The molecule has 0 saturated heterocycles. The fraction of sp³-hybridized carbons (Fsp3) is 0.158. The molecule has 0 spiro atoms. The zero-order valence-corrected chi connectivity index (χ0v) is 15.8. The number of methoxy groups -OCH3 is 1. The van der Waals surface area contributed by atoms with Crippen LogP contribution in [0, 0.1) is 0 Å². The molecule has 3 heterocycles. The van der Waals surface area contributed by atoms with Crippen LogP contribution in [0.4, 0.5) is 0 Å². The Balaban J connectivity index is 1.64. The molecule has 0 aliphatic heterocycles. The molecule has 2 amide bonds. The first-order valence-corrected chi connectivity index (χ1v) is 8.91. The maximum atomic E-state index is 12.8. The van der Waals surface area contributed by atoms with Gasteiger partial charge in [-0.25, -0.2) is 9.97 Å². The third-order valence-corrected chi connectivity index (χ3v) is 4.36. The van der Waals surface area contributed by atoms with E-state index >= 15 is 0 Å². The smallest absolute Gasteiger partial charge is 0.271 e. The summed E-state index contributed by atoms with van der Waals surface area (Å²) < 4.78 is 11.0. The quantitative estimate of drug-likeness (QED) is 0.413. The largest absolute Gasteiger partial charge is 0.496 e. The molecule has 1 aromatic carbocycles. The molecular weight excluding hydrogens is 390 g/mol. The maximum Gasteiger partial charge on any atom is 0.271 e. The number of amides is 2. The van der Waals surface area contributed by atoms with Crippen LogP contribution < -0.4 is 15.8 Å². The number of hydrogen-bond donors (Lipinski definition) is 3. The topological polar surface area (TPSA) is 162 Å². The molecule has 11 heteroatoms. The number of nitrogens with two attached hydrogens (primary N) is 1. The molecule has 4 rings (SSSR count). The lowest BCUT2D eigenvalue weighted by Crippen LogP contribution is -2.32. The van der Waals surface area contributed by atoms with Gasteiger partial charge in [-0.1, -0.05) is 12.1 Å². The average Bonchev–Trinajstić information content (AvgIpc) is 3.42.